The molecule has 1 amide bonds. The minimum atomic E-state index is -0.362. The SMILES string of the molecule is CCOC(=O)c1ccc(-c2ccc(/C=C3\NC(=S)N(c4ccccc4C)C3=O)o2)cc1. The van der Waals surface area contributed by atoms with E-state index in [1.807, 2.05) is 37.3 Å². The van der Waals surface area contributed by atoms with Crippen molar-refractivity contribution in [3.05, 3.63) is 83.2 Å². The number of amides is 1. The molecule has 1 N–H and O–H groups in total. The summed E-state index contributed by atoms with van der Waals surface area (Å²) in [7, 11) is 0. The van der Waals surface area contributed by atoms with Crippen molar-refractivity contribution in [1.82, 2.24) is 5.32 Å². The molecule has 3 aromatic rings. The summed E-state index contributed by atoms with van der Waals surface area (Å²) in [6, 6.07) is 18.1. The number of hydrogen-bond acceptors (Lipinski definition) is 5. The molecule has 4 rings (SSSR count). The van der Waals surface area contributed by atoms with Gasteiger partial charge in [-0.25, -0.2) is 4.79 Å². The van der Waals surface area contributed by atoms with E-state index in [0.717, 1.165) is 16.8 Å². The third-order valence-corrected chi connectivity index (χ3v) is 5.11. The molecule has 0 unspecified atom stereocenters. The van der Waals surface area contributed by atoms with Crippen molar-refractivity contribution < 1.29 is 18.7 Å². The van der Waals surface area contributed by atoms with Crippen LogP contribution < -0.4 is 10.2 Å². The molecule has 0 spiro atoms. The lowest BCUT2D eigenvalue weighted by Gasteiger charge is -2.16. The van der Waals surface area contributed by atoms with E-state index in [0.29, 0.717) is 34.5 Å². The summed E-state index contributed by atoms with van der Waals surface area (Å²) in [5.41, 5.74) is 3.32. The van der Waals surface area contributed by atoms with Crippen LogP contribution in [0.5, 0.6) is 0 Å². The monoisotopic (exact) mass is 432 g/mol. The van der Waals surface area contributed by atoms with Crippen molar-refractivity contribution in [2.45, 2.75) is 13.8 Å². The number of rotatable bonds is 5. The number of esters is 1. The first-order valence-electron chi connectivity index (χ1n) is 9.78. The first-order valence-corrected chi connectivity index (χ1v) is 10.2. The quantitative estimate of drug-likeness (QED) is 0.358. The van der Waals surface area contributed by atoms with Gasteiger partial charge in [0.25, 0.3) is 5.91 Å². The Bertz CT molecular complexity index is 1190. The van der Waals surface area contributed by atoms with Gasteiger partial charge in [0, 0.05) is 11.6 Å². The fraction of sp³-hybridized carbons (Fsp3) is 0.125. The van der Waals surface area contributed by atoms with Crippen molar-refractivity contribution in [3.63, 3.8) is 0 Å². The maximum Gasteiger partial charge on any atom is 0.338 e. The smallest absolute Gasteiger partial charge is 0.338 e. The average Bonchev–Trinajstić information content (AvgIpc) is 3.34. The number of carbonyl (C=O) groups excluding carboxylic acids is 2. The van der Waals surface area contributed by atoms with Crippen LogP contribution in [0.1, 0.15) is 28.6 Å². The number of nitrogens with one attached hydrogen (secondary N) is 1. The number of aryl methyl sites for hydroxylation is 1. The Morgan fingerprint density at radius 1 is 1.13 bits per heavy atom. The molecule has 1 aromatic heterocycles. The van der Waals surface area contributed by atoms with Gasteiger partial charge >= 0.3 is 5.97 Å². The summed E-state index contributed by atoms with van der Waals surface area (Å²) in [6.07, 6.45) is 1.63. The number of thiocarbonyl (C=S) groups is 1. The summed E-state index contributed by atoms with van der Waals surface area (Å²) in [5.74, 6) is 0.524. The van der Waals surface area contributed by atoms with Crippen LogP contribution >= 0.6 is 12.2 Å². The lowest BCUT2D eigenvalue weighted by molar-refractivity contribution is -0.113. The highest BCUT2D eigenvalue weighted by molar-refractivity contribution is 7.80. The first-order chi connectivity index (χ1) is 15.0. The normalized spacial score (nSPS) is 14.8. The summed E-state index contributed by atoms with van der Waals surface area (Å²) in [6.45, 7) is 4.02. The van der Waals surface area contributed by atoms with Crippen molar-refractivity contribution in [1.29, 1.82) is 0 Å². The minimum Gasteiger partial charge on any atom is -0.462 e. The number of carbonyl (C=O) groups is 2. The van der Waals surface area contributed by atoms with Crippen LogP contribution in [0.25, 0.3) is 17.4 Å². The Kier molecular flexibility index (Phi) is 5.68. The van der Waals surface area contributed by atoms with E-state index in [1.54, 1.807) is 43.3 Å². The predicted molar refractivity (Wildman–Crippen MR) is 122 cm³/mol. The van der Waals surface area contributed by atoms with Crippen LogP contribution in [0.15, 0.2) is 70.8 Å². The van der Waals surface area contributed by atoms with E-state index in [9.17, 15) is 9.59 Å². The highest BCUT2D eigenvalue weighted by Gasteiger charge is 2.32. The zero-order valence-electron chi connectivity index (χ0n) is 17.0. The standard InChI is InChI=1S/C24H20N2O4S/c1-3-29-23(28)17-10-8-16(9-11-17)21-13-12-18(30-21)14-19-22(27)26(24(31)25-19)20-7-5-4-6-15(20)2/h4-14H,3H2,1-2H3,(H,25,31)/b19-14-. The number of hydrogen-bond donors (Lipinski definition) is 1. The maximum absolute atomic E-state index is 12.9. The van der Waals surface area contributed by atoms with E-state index in [4.69, 9.17) is 21.4 Å². The number of ether oxygens (including phenoxy) is 1. The fourth-order valence-corrected chi connectivity index (χ4v) is 3.57. The summed E-state index contributed by atoms with van der Waals surface area (Å²) in [5, 5.41) is 3.29. The fourth-order valence-electron chi connectivity index (χ4n) is 3.28. The van der Waals surface area contributed by atoms with E-state index in [-0.39, 0.29) is 11.9 Å². The summed E-state index contributed by atoms with van der Waals surface area (Å²) >= 11 is 5.37. The molecule has 0 atom stereocenters. The average molecular weight is 433 g/mol. The molecule has 7 heteroatoms. The number of para-hydroxylation sites is 1. The number of benzene rings is 2. The van der Waals surface area contributed by atoms with Gasteiger partial charge in [-0.2, -0.15) is 0 Å². The molecule has 2 aromatic carbocycles. The zero-order chi connectivity index (χ0) is 22.0. The third kappa shape index (κ3) is 4.13. The second-order valence-corrected chi connectivity index (χ2v) is 7.30. The van der Waals surface area contributed by atoms with Crippen LogP contribution in [0.3, 0.4) is 0 Å². The largest absolute Gasteiger partial charge is 0.462 e. The van der Waals surface area contributed by atoms with Gasteiger partial charge in [-0.15, -0.1) is 0 Å². The summed E-state index contributed by atoms with van der Waals surface area (Å²) < 4.78 is 10.9. The predicted octanol–water partition coefficient (Wildman–Crippen LogP) is 4.69. The van der Waals surface area contributed by atoms with E-state index in [2.05, 4.69) is 5.32 Å². The van der Waals surface area contributed by atoms with Gasteiger partial charge in [0.2, 0.25) is 0 Å². The zero-order valence-corrected chi connectivity index (χ0v) is 17.9. The Balaban J connectivity index is 1.55. The number of nitrogens with zero attached hydrogens (tertiary/aromatic N) is 1. The molecule has 1 aliphatic heterocycles. The van der Waals surface area contributed by atoms with Gasteiger partial charge in [0.05, 0.1) is 17.9 Å². The molecule has 1 fully saturated rings. The molecule has 6 nitrogen and oxygen atoms in total. The maximum atomic E-state index is 12.9. The van der Waals surface area contributed by atoms with Crippen molar-refractivity contribution in [2.75, 3.05) is 11.5 Å². The molecule has 1 aliphatic rings. The van der Waals surface area contributed by atoms with E-state index >= 15 is 0 Å². The third-order valence-electron chi connectivity index (χ3n) is 4.83. The molecule has 1 saturated heterocycles. The van der Waals surface area contributed by atoms with Crippen molar-refractivity contribution in [2.24, 2.45) is 0 Å². The number of anilines is 1. The van der Waals surface area contributed by atoms with Gasteiger partial charge < -0.3 is 14.5 Å². The molecule has 0 aliphatic carbocycles. The second-order valence-electron chi connectivity index (χ2n) is 6.92. The van der Waals surface area contributed by atoms with E-state index in [1.165, 1.54) is 4.90 Å². The van der Waals surface area contributed by atoms with Gasteiger partial charge in [-0.05, 0) is 62.0 Å². The Hall–Kier alpha value is -3.71. The van der Waals surface area contributed by atoms with Crippen LogP contribution in [0.2, 0.25) is 0 Å². The molecule has 2 heterocycles. The molecule has 0 radical (unpaired) electrons. The van der Waals surface area contributed by atoms with Crippen LogP contribution in [0, 0.1) is 6.92 Å². The molecule has 156 valence electrons. The van der Waals surface area contributed by atoms with Crippen molar-refractivity contribution in [3.8, 4) is 11.3 Å². The minimum absolute atomic E-state index is 0.240. The van der Waals surface area contributed by atoms with Gasteiger partial charge in [-0.1, -0.05) is 30.3 Å². The molecule has 0 bridgehead atoms. The number of furan rings is 1. The van der Waals surface area contributed by atoms with Crippen molar-refractivity contribution >= 4 is 41.0 Å². The Morgan fingerprint density at radius 2 is 1.87 bits per heavy atom. The molecule has 31 heavy (non-hydrogen) atoms. The lowest BCUT2D eigenvalue weighted by atomic mass is 10.1. The second kappa shape index (κ2) is 8.57. The topological polar surface area (TPSA) is 71.8 Å². The van der Waals surface area contributed by atoms with Gasteiger partial charge in [-0.3, -0.25) is 9.69 Å². The molecule has 0 saturated carbocycles. The van der Waals surface area contributed by atoms with Crippen LogP contribution in [-0.4, -0.2) is 23.6 Å². The summed E-state index contributed by atoms with van der Waals surface area (Å²) in [4.78, 5) is 26.2. The molecular weight excluding hydrogens is 412 g/mol. The Morgan fingerprint density at radius 3 is 2.58 bits per heavy atom. The van der Waals surface area contributed by atoms with Gasteiger partial charge in [0.15, 0.2) is 5.11 Å². The Labute approximate surface area is 185 Å². The highest BCUT2D eigenvalue weighted by atomic mass is 32.1. The van der Waals surface area contributed by atoms with Crippen LogP contribution in [-0.2, 0) is 9.53 Å². The first kappa shape index (κ1) is 20.6. The van der Waals surface area contributed by atoms with Crippen LogP contribution in [0.4, 0.5) is 5.69 Å². The molecular formula is C24H20N2O4S. The van der Waals surface area contributed by atoms with Gasteiger partial charge in [0.1, 0.15) is 17.2 Å². The lowest BCUT2D eigenvalue weighted by Crippen LogP contribution is -2.30. The van der Waals surface area contributed by atoms with E-state index < -0.39 is 0 Å². The highest BCUT2D eigenvalue weighted by Crippen LogP contribution is 2.27.